The molecule has 0 aliphatic heterocycles. The lowest BCUT2D eigenvalue weighted by molar-refractivity contribution is -0.138. The van der Waals surface area contributed by atoms with Gasteiger partial charge in [0.15, 0.2) is 0 Å². The summed E-state index contributed by atoms with van der Waals surface area (Å²) in [6, 6.07) is 4.99. The number of rotatable bonds is 8. The quantitative estimate of drug-likeness (QED) is 0.650. The largest absolute Gasteiger partial charge is 0.444 e. The van der Waals surface area contributed by atoms with Crippen molar-refractivity contribution >= 4 is 17.9 Å². The van der Waals surface area contributed by atoms with Gasteiger partial charge in [0.25, 0.3) is 0 Å². The van der Waals surface area contributed by atoms with Crippen molar-refractivity contribution in [1.82, 2.24) is 15.5 Å². The molecular weight excluding hydrogens is 370 g/mol. The fraction of sp³-hybridized carbons (Fsp3) is 0.591. The highest BCUT2D eigenvalue weighted by Crippen LogP contribution is 2.27. The number of carbonyl (C=O) groups excluding carboxylic acids is 3. The molecular formula is C22H35N3O4. The molecule has 7 heteroatoms. The molecule has 0 aliphatic rings. The summed E-state index contributed by atoms with van der Waals surface area (Å²) >= 11 is 0. The van der Waals surface area contributed by atoms with Crippen LogP contribution < -0.4 is 10.6 Å². The molecule has 1 atom stereocenters. The molecule has 7 nitrogen and oxygen atoms in total. The summed E-state index contributed by atoms with van der Waals surface area (Å²) in [6.07, 6.45) is 1.15. The molecule has 1 aromatic rings. The standard InChI is InChI=1S/C22H35N3O4/c1-8-9-13-23-20(27)19(18-15(2)11-10-12-16(18)3)25(7)17(26)14-24-21(28)29-22(4,5)6/h10-12,19H,8-9,13-14H2,1-7H3,(H,23,27)(H,24,28). The van der Waals surface area contributed by atoms with Crippen LogP contribution in [0.1, 0.15) is 63.3 Å². The van der Waals surface area contributed by atoms with Gasteiger partial charge in [0.2, 0.25) is 11.8 Å². The van der Waals surface area contributed by atoms with Gasteiger partial charge < -0.3 is 20.3 Å². The van der Waals surface area contributed by atoms with Crippen molar-refractivity contribution in [2.24, 2.45) is 0 Å². The zero-order valence-electron chi connectivity index (χ0n) is 18.7. The van der Waals surface area contributed by atoms with Crippen LogP contribution in [0, 0.1) is 13.8 Å². The average Bonchev–Trinajstić information content (AvgIpc) is 2.61. The van der Waals surface area contributed by atoms with E-state index < -0.39 is 17.7 Å². The van der Waals surface area contributed by atoms with E-state index in [0.29, 0.717) is 6.54 Å². The molecule has 0 fully saturated rings. The van der Waals surface area contributed by atoms with Crippen LogP contribution in [0.3, 0.4) is 0 Å². The third-order valence-corrected chi connectivity index (χ3v) is 4.46. The molecule has 0 saturated heterocycles. The molecule has 1 unspecified atom stereocenters. The molecule has 0 spiro atoms. The van der Waals surface area contributed by atoms with Gasteiger partial charge in [-0.05, 0) is 57.7 Å². The lowest BCUT2D eigenvalue weighted by atomic mass is 9.94. The highest BCUT2D eigenvalue weighted by Gasteiger charge is 2.31. The number of benzene rings is 1. The van der Waals surface area contributed by atoms with Crippen molar-refractivity contribution in [3.63, 3.8) is 0 Å². The second-order valence-electron chi connectivity index (χ2n) is 8.21. The van der Waals surface area contributed by atoms with E-state index >= 15 is 0 Å². The number of unbranched alkanes of at least 4 members (excludes halogenated alkanes) is 1. The fourth-order valence-electron chi connectivity index (χ4n) is 2.97. The Balaban J connectivity index is 3.01. The number of hydrogen-bond donors (Lipinski definition) is 2. The van der Waals surface area contributed by atoms with Crippen molar-refractivity contribution in [3.8, 4) is 0 Å². The number of aryl methyl sites for hydroxylation is 2. The summed E-state index contributed by atoms with van der Waals surface area (Å²) in [7, 11) is 1.58. The Morgan fingerprint density at radius 3 is 2.21 bits per heavy atom. The smallest absolute Gasteiger partial charge is 0.408 e. The number of amides is 3. The third-order valence-electron chi connectivity index (χ3n) is 4.46. The Morgan fingerprint density at radius 2 is 1.69 bits per heavy atom. The molecule has 0 bridgehead atoms. The maximum absolute atomic E-state index is 13.0. The summed E-state index contributed by atoms with van der Waals surface area (Å²) in [4.78, 5) is 39.0. The molecule has 0 aromatic heterocycles. The number of nitrogens with one attached hydrogen (secondary N) is 2. The summed E-state index contributed by atoms with van der Waals surface area (Å²) in [6.45, 7) is 11.4. The van der Waals surface area contributed by atoms with Crippen LogP contribution in [0.15, 0.2) is 18.2 Å². The van der Waals surface area contributed by atoms with Gasteiger partial charge in [-0.1, -0.05) is 31.5 Å². The van der Waals surface area contributed by atoms with Gasteiger partial charge in [-0.15, -0.1) is 0 Å². The number of likely N-dealkylation sites (N-methyl/N-ethyl adjacent to an activating group) is 1. The Morgan fingerprint density at radius 1 is 1.10 bits per heavy atom. The Hall–Kier alpha value is -2.57. The molecule has 3 amide bonds. The Bertz CT molecular complexity index is 705. The van der Waals surface area contributed by atoms with Crippen LogP contribution in [-0.2, 0) is 14.3 Å². The van der Waals surface area contributed by atoms with E-state index in [4.69, 9.17) is 4.74 Å². The minimum atomic E-state index is -0.777. The van der Waals surface area contributed by atoms with E-state index in [9.17, 15) is 14.4 Å². The molecule has 0 saturated carbocycles. The second kappa shape index (κ2) is 10.8. The minimum absolute atomic E-state index is 0.232. The minimum Gasteiger partial charge on any atom is -0.444 e. The van der Waals surface area contributed by atoms with Gasteiger partial charge in [-0.2, -0.15) is 0 Å². The van der Waals surface area contributed by atoms with E-state index in [1.165, 1.54) is 4.90 Å². The molecule has 0 aliphatic carbocycles. The number of nitrogens with zero attached hydrogens (tertiary/aromatic N) is 1. The van der Waals surface area contributed by atoms with Gasteiger partial charge in [0.1, 0.15) is 18.2 Å². The molecule has 0 radical (unpaired) electrons. The topological polar surface area (TPSA) is 87.7 Å². The summed E-state index contributed by atoms with van der Waals surface area (Å²) in [5.74, 6) is -0.613. The highest BCUT2D eigenvalue weighted by molar-refractivity contribution is 5.90. The van der Waals surface area contributed by atoms with Crippen molar-refractivity contribution in [2.75, 3.05) is 20.1 Å². The summed E-state index contributed by atoms with van der Waals surface area (Å²) in [5.41, 5.74) is 2.01. The van der Waals surface area contributed by atoms with Crippen LogP contribution in [0.5, 0.6) is 0 Å². The van der Waals surface area contributed by atoms with E-state index in [2.05, 4.69) is 10.6 Å². The van der Waals surface area contributed by atoms with Gasteiger partial charge in [0.05, 0.1) is 0 Å². The zero-order chi connectivity index (χ0) is 22.2. The number of alkyl carbamates (subject to hydrolysis) is 1. The molecule has 1 rings (SSSR count). The first kappa shape index (κ1) is 24.5. The monoisotopic (exact) mass is 405 g/mol. The molecule has 2 N–H and O–H groups in total. The summed E-state index contributed by atoms with van der Waals surface area (Å²) in [5, 5.41) is 5.39. The number of hydrogen-bond acceptors (Lipinski definition) is 4. The SMILES string of the molecule is CCCCNC(=O)C(c1c(C)cccc1C)N(C)C(=O)CNC(=O)OC(C)(C)C. The van der Waals surface area contributed by atoms with Gasteiger partial charge in [-0.3, -0.25) is 9.59 Å². The normalized spacial score (nSPS) is 12.1. The van der Waals surface area contributed by atoms with E-state index in [1.807, 2.05) is 39.0 Å². The molecule has 1 aromatic carbocycles. The van der Waals surface area contributed by atoms with Gasteiger partial charge in [0, 0.05) is 13.6 Å². The van der Waals surface area contributed by atoms with E-state index in [1.54, 1.807) is 27.8 Å². The summed E-state index contributed by atoms with van der Waals surface area (Å²) < 4.78 is 5.16. The van der Waals surface area contributed by atoms with Crippen molar-refractivity contribution in [1.29, 1.82) is 0 Å². The first-order valence-corrected chi connectivity index (χ1v) is 10.0. The number of ether oxygens (including phenoxy) is 1. The first-order chi connectivity index (χ1) is 13.5. The van der Waals surface area contributed by atoms with Gasteiger partial charge >= 0.3 is 6.09 Å². The molecule has 162 valence electrons. The molecule has 0 heterocycles. The Kier molecular flexibility index (Phi) is 9.14. The van der Waals surface area contributed by atoms with Gasteiger partial charge in [-0.25, -0.2) is 4.79 Å². The van der Waals surface area contributed by atoms with E-state index in [0.717, 1.165) is 29.5 Å². The fourth-order valence-corrected chi connectivity index (χ4v) is 2.97. The van der Waals surface area contributed by atoms with Crippen molar-refractivity contribution < 1.29 is 19.1 Å². The maximum atomic E-state index is 13.0. The second-order valence-corrected chi connectivity index (χ2v) is 8.21. The van der Waals surface area contributed by atoms with Crippen LogP contribution in [0.2, 0.25) is 0 Å². The predicted octanol–water partition coefficient (Wildman–Crippen LogP) is 3.24. The molecule has 29 heavy (non-hydrogen) atoms. The number of carbonyl (C=O) groups is 3. The highest BCUT2D eigenvalue weighted by atomic mass is 16.6. The van der Waals surface area contributed by atoms with Crippen LogP contribution in [-0.4, -0.2) is 48.5 Å². The van der Waals surface area contributed by atoms with E-state index in [-0.39, 0.29) is 18.4 Å². The lowest BCUT2D eigenvalue weighted by Gasteiger charge is -2.30. The predicted molar refractivity (Wildman–Crippen MR) is 114 cm³/mol. The van der Waals surface area contributed by atoms with Crippen molar-refractivity contribution in [3.05, 3.63) is 34.9 Å². The first-order valence-electron chi connectivity index (χ1n) is 10.0. The van der Waals surface area contributed by atoms with Crippen LogP contribution in [0.25, 0.3) is 0 Å². The third kappa shape index (κ3) is 7.75. The van der Waals surface area contributed by atoms with Crippen LogP contribution >= 0.6 is 0 Å². The zero-order valence-corrected chi connectivity index (χ0v) is 18.7. The van der Waals surface area contributed by atoms with Crippen LogP contribution in [0.4, 0.5) is 4.79 Å². The maximum Gasteiger partial charge on any atom is 0.408 e. The average molecular weight is 406 g/mol. The lowest BCUT2D eigenvalue weighted by Crippen LogP contribution is -2.46. The Labute approximate surface area is 174 Å². The van der Waals surface area contributed by atoms with Crippen molar-refractivity contribution in [2.45, 2.75) is 66.0 Å².